The molecule has 0 radical (unpaired) electrons. The number of carbonyl (C=O) groups is 1. The average Bonchev–Trinajstić information content (AvgIpc) is 2.58. The fourth-order valence-electron chi connectivity index (χ4n) is 2.79. The third kappa shape index (κ3) is 3.34. The normalized spacial score (nSPS) is 17.1. The van der Waals surface area contributed by atoms with Crippen LogP contribution in [0.5, 0.6) is 0 Å². The maximum atomic E-state index is 12.5. The van der Waals surface area contributed by atoms with E-state index in [9.17, 15) is 9.90 Å². The van der Waals surface area contributed by atoms with Crippen molar-refractivity contribution in [1.82, 2.24) is 9.88 Å². The van der Waals surface area contributed by atoms with E-state index in [-0.39, 0.29) is 5.91 Å². The van der Waals surface area contributed by atoms with Crippen molar-refractivity contribution < 1.29 is 9.90 Å². The minimum atomic E-state index is -0.977. The van der Waals surface area contributed by atoms with Gasteiger partial charge in [-0.3, -0.25) is 9.78 Å². The van der Waals surface area contributed by atoms with Gasteiger partial charge >= 0.3 is 0 Å². The van der Waals surface area contributed by atoms with Crippen molar-refractivity contribution in [2.75, 3.05) is 13.1 Å². The van der Waals surface area contributed by atoms with E-state index in [2.05, 4.69) is 4.98 Å². The second kappa shape index (κ2) is 6.48. The Labute approximate surface area is 144 Å². The molecule has 1 saturated heterocycles. The molecule has 1 aliphatic rings. The van der Waals surface area contributed by atoms with Crippen molar-refractivity contribution in [3.05, 3.63) is 63.9 Å². The standard InChI is InChI=1S/C17H16Cl2N2O2/c18-13-5-4-12(11-14(13)19)16(22)21-9-6-17(23,7-10-21)15-3-1-2-8-20-15/h1-5,8,11,23H,6-7,9-10H2. The number of rotatable bonds is 2. The Morgan fingerprint density at radius 1 is 1.13 bits per heavy atom. The summed E-state index contributed by atoms with van der Waals surface area (Å²) in [5.41, 5.74) is 0.180. The Kier molecular flexibility index (Phi) is 4.57. The lowest BCUT2D eigenvalue weighted by molar-refractivity contribution is -0.0244. The van der Waals surface area contributed by atoms with Gasteiger partial charge in [0.1, 0.15) is 5.60 Å². The lowest BCUT2D eigenvalue weighted by Gasteiger charge is -2.37. The number of carbonyl (C=O) groups excluding carboxylic acids is 1. The van der Waals surface area contributed by atoms with Crippen LogP contribution in [-0.2, 0) is 5.60 Å². The highest BCUT2D eigenvalue weighted by Gasteiger charge is 2.36. The molecule has 0 saturated carbocycles. The van der Waals surface area contributed by atoms with Crippen LogP contribution in [0.4, 0.5) is 0 Å². The van der Waals surface area contributed by atoms with Gasteiger partial charge in [-0.25, -0.2) is 0 Å². The molecule has 1 aromatic heterocycles. The van der Waals surface area contributed by atoms with Gasteiger partial charge in [0.25, 0.3) is 5.91 Å². The number of aliphatic hydroxyl groups is 1. The molecule has 1 fully saturated rings. The quantitative estimate of drug-likeness (QED) is 0.901. The summed E-state index contributed by atoms with van der Waals surface area (Å²) in [5.74, 6) is -0.105. The number of amides is 1. The maximum absolute atomic E-state index is 12.5. The van der Waals surface area contributed by atoms with E-state index in [1.54, 1.807) is 29.3 Å². The Bertz CT molecular complexity index is 714. The van der Waals surface area contributed by atoms with Gasteiger partial charge in [0.05, 0.1) is 15.7 Å². The van der Waals surface area contributed by atoms with E-state index in [4.69, 9.17) is 23.2 Å². The molecule has 1 aliphatic heterocycles. The number of piperidine rings is 1. The van der Waals surface area contributed by atoms with Crippen LogP contribution in [0.3, 0.4) is 0 Å². The first kappa shape index (κ1) is 16.2. The molecule has 0 aliphatic carbocycles. The summed E-state index contributed by atoms with van der Waals surface area (Å²) in [6.07, 6.45) is 2.58. The van der Waals surface area contributed by atoms with Crippen LogP contribution in [-0.4, -0.2) is 34.0 Å². The Balaban J connectivity index is 1.71. The average molecular weight is 351 g/mol. The number of hydrogen-bond donors (Lipinski definition) is 1. The fourth-order valence-corrected chi connectivity index (χ4v) is 3.08. The number of aromatic nitrogens is 1. The van der Waals surface area contributed by atoms with Crippen LogP contribution in [0, 0.1) is 0 Å². The number of hydrogen-bond acceptors (Lipinski definition) is 3. The SMILES string of the molecule is O=C(c1ccc(Cl)c(Cl)c1)N1CCC(O)(c2ccccn2)CC1. The Morgan fingerprint density at radius 2 is 1.87 bits per heavy atom. The Morgan fingerprint density at radius 3 is 2.48 bits per heavy atom. The van der Waals surface area contributed by atoms with Gasteiger partial charge in [-0.2, -0.15) is 0 Å². The number of halogens is 2. The van der Waals surface area contributed by atoms with Crippen molar-refractivity contribution in [3.8, 4) is 0 Å². The molecule has 2 aromatic rings. The third-order valence-corrected chi connectivity index (χ3v) is 4.93. The van der Waals surface area contributed by atoms with E-state index in [1.807, 2.05) is 18.2 Å². The zero-order chi connectivity index (χ0) is 16.4. The van der Waals surface area contributed by atoms with Crippen molar-refractivity contribution in [2.24, 2.45) is 0 Å². The number of pyridine rings is 1. The number of nitrogens with zero attached hydrogens (tertiary/aromatic N) is 2. The van der Waals surface area contributed by atoms with E-state index < -0.39 is 5.60 Å². The molecule has 0 bridgehead atoms. The zero-order valence-corrected chi connectivity index (χ0v) is 13.9. The molecule has 3 rings (SSSR count). The van der Waals surface area contributed by atoms with Crippen molar-refractivity contribution in [3.63, 3.8) is 0 Å². The molecule has 2 heterocycles. The van der Waals surface area contributed by atoms with Gasteiger partial charge in [-0.15, -0.1) is 0 Å². The van der Waals surface area contributed by atoms with Gasteiger partial charge < -0.3 is 10.0 Å². The minimum Gasteiger partial charge on any atom is -0.383 e. The molecule has 1 amide bonds. The second-order valence-corrected chi connectivity index (χ2v) is 6.48. The molecule has 4 nitrogen and oxygen atoms in total. The van der Waals surface area contributed by atoms with E-state index in [1.165, 1.54) is 0 Å². The van der Waals surface area contributed by atoms with Crippen LogP contribution >= 0.6 is 23.2 Å². The monoisotopic (exact) mass is 350 g/mol. The molecule has 6 heteroatoms. The summed E-state index contributed by atoms with van der Waals surface area (Å²) < 4.78 is 0. The molecular formula is C17H16Cl2N2O2. The predicted molar refractivity (Wildman–Crippen MR) is 89.7 cm³/mol. The number of benzene rings is 1. The first-order valence-corrected chi connectivity index (χ1v) is 8.13. The van der Waals surface area contributed by atoms with E-state index >= 15 is 0 Å². The molecule has 1 aromatic carbocycles. The van der Waals surface area contributed by atoms with Crippen LogP contribution in [0.1, 0.15) is 28.9 Å². The van der Waals surface area contributed by atoms with E-state index in [0.717, 1.165) is 0 Å². The van der Waals surface area contributed by atoms with Crippen molar-refractivity contribution >= 4 is 29.1 Å². The smallest absolute Gasteiger partial charge is 0.253 e. The lowest BCUT2D eigenvalue weighted by atomic mass is 9.87. The van der Waals surface area contributed by atoms with Crippen LogP contribution in [0.25, 0.3) is 0 Å². The molecule has 0 unspecified atom stereocenters. The summed E-state index contributed by atoms with van der Waals surface area (Å²) in [5, 5.41) is 11.5. The molecule has 23 heavy (non-hydrogen) atoms. The summed E-state index contributed by atoms with van der Waals surface area (Å²) in [6, 6.07) is 10.3. The third-order valence-electron chi connectivity index (χ3n) is 4.19. The molecular weight excluding hydrogens is 335 g/mol. The van der Waals surface area contributed by atoms with Gasteiger partial charge in [0, 0.05) is 24.8 Å². The highest BCUT2D eigenvalue weighted by molar-refractivity contribution is 6.42. The van der Waals surface area contributed by atoms with Gasteiger partial charge in [-0.1, -0.05) is 29.3 Å². The van der Waals surface area contributed by atoms with Gasteiger partial charge in [0.2, 0.25) is 0 Å². The van der Waals surface area contributed by atoms with Gasteiger partial charge in [0.15, 0.2) is 0 Å². The highest BCUT2D eigenvalue weighted by Crippen LogP contribution is 2.32. The first-order valence-electron chi connectivity index (χ1n) is 7.38. The molecule has 0 spiro atoms. The van der Waals surface area contributed by atoms with Crippen molar-refractivity contribution in [1.29, 1.82) is 0 Å². The topological polar surface area (TPSA) is 53.4 Å². The molecule has 0 atom stereocenters. The zero-order valence-electron chi connectivity index (χ0n) is 12.4. The van der Waals surface area contributed by atoms with Crippen LogP contribution in [0.2, 0.25) is 10.0 Å². The van der Waals surface area contributed by atoms with Crippen LogP contribution in [0.15, 0.2) is 42.6 Å². The minimum absolute atomic E-state index is 0.105. The molecule has 120 valence electrons. The van der Waals surface area contributed by atoms with Gasteiger partial charge in [-0.05, 0) is 43.2 Å². The summed E-state index contributed by atoms with van der Waals surface area (Å²) in [6.45, 7) is 0.929. The largest absolute Gasteiger partial charge is 0.383 e. The van der Waals surface area contributed by atoms with E-state index in [0.29, 0.717) is 47.2 Å². The summed E-state index contributed by atoms with van der Waals surface area (Å²) in [4.78, 5) is 18.5. The maximum Gasteiger partial charge on any atom is 0.253 e. The number of likely N-dealkylation sites (tertiary alicyclic amines) is 1. The lowest BCUT2D eigenvalue weighted by Crippen LogP contribution is -2.45. The van der Waals surface area contributed by atoms with Crippen molar-refractivity contribution in [2.45, 2.75) is 18.4 Å². The predicted octanol–water partition coefficient (Wildman–Crippen LogP) is 3.51. The Hall–Kier alpha value is -1.62. The summed E-state index contributed by atoms with van der Waals surface area (Å²) >= 11 is 11.9. The molecule has 1 N–H and O–H groups in total. The highest BCUT2D eigenvalue weighted by atomic mass is 35.5. The second-order valence-electron chi connectivity index (χ2n) is 5.67. The van der Waals surface area contributed by atoms with Crippen LogP contribution < -0.4 is 0 Å². The summed E-state index contributed by atoms with van der Waals surface area (Å²) in [7, 11) is 0. The first-order chi connectivity index (χ1) is 11.0. The fraction of sp³-hybridized carbons (Fsp3) is 0.294.